The van der Waals surface area contributed by atoms with E-state index in [9.17, 15) is 19.5 Å². The fraction of sp³-hybridized carbons (Fsp3) is 0.158. The molecule has 144 valence electrons. The predicted octanol–water partition coefficient (Wildman–Crippen LogP) is 3.38. The van der Waals surface area contributed by atoms with Crippen LogP contribution < -0.4 is 0 Å². The minimum absolute atomic E-state index is 0.00443. The molecule has 1 amide bonds. The second-order valence-electron chi connectivity index (χ2n) is 6.07. The first-order chi connectivity index (χ1) is 13.3. The van der Waals surface area contributed by atoms with Crippen molar-refractivity contribution in [2.45, 2.75) is 19.4 Å². The van der Waals surface area contributed by atoms with Gasteiger partial charge in [0.15, 0.2) is 0 Å². The number of thiocarbonyl (C=S) groups is 1. The molecule has 7 nitrogen and oxygen atoms in total. The Morgan fingerprint density at radius 3 is 2.50 bits per heavy atom. The molecule has 1 saturated heterocycles. The van der Waals surface area contributed by atoms with Gasteiger partial charge in [0, 0.05) is 11.6 Å². The Balaban J connectivity index is 1.85. The van der Waals surface area contributed by atoms with Crippen LogP contribution in [0.3, 0.4) is 0 Å². The van der Waals surface area contributed by atoms with Crippen LogP contribution in [0.25, 0.3) is 17.4 Å². The van der Waals surface area contributed by atoms with Crippen molar-refractivity contribution in [3.05, 3.63) is 52.6 Å². The Hall–Kier alpha value is -2.91. The average molecular weight is 417 g/mol. The molecule has 9 heteroatoms. The van der Waals surface area contributed by atoms with Gasteiger partial charge < -0.3 is 14.6 Å². The lowest BCUT2D eigenvalue weighted by Gasteiger charge is -2.21. The Labute approximate surface area is 169 Å². The molecule has 0 spiro atoms. The zero-order valence-corrected chi connectivity index (χ0v) is 16.3. The normalized spacial score (nSPS) is 16.6. The number of carbonyl (C=O) groups is 3. The molecule has 1 unspecified atom stereocenters. The summed E-state index contributed by atoms with van der Waals surface area (Å²) in [4.78, 5) is 35.9. The van der Waals surface area contributed by atoms with Crippen LogP contribution in [0.1, 0.15) is 17.7 Å². The van der Waals surface area contributed by atoms with Gasteiger partial charge in [0.05, 0.1) is 11.3 Å². The van der Waals surface area contributed by atoms with E-state index in [-0.39, 0.29) is 9.23 Å². The van der Waals surface area contributed by atoms with E-state index in [0.29, 0.717) is 11.5 Å². The summed E-state index contributed by atoms with van der Waals surface area (Å²) in [6.07, 6.45) is 0.726. The van der Waals surface area contributed by atoms with Crippen LogP contribution in [0, 0.1) is 6.92 Å². The minimum atomic E-state index is -1.56. The summed E-state index contributed by atoms with van der Waals surface area (Å²) in [5.41, 5.74) is 2.00. The van der Waals surface area contributed by atoms with E-state index in [0.717, 1.165) is 27.8 Å². The lowest BCUT2D eigenvalue weighted by molar-refractivity contribution is -0.150. The molecular weight excluding hydrogens is 402 g/mol. The summed E-state index contributed by atoms with van der Waals surface area (Å²) in [7, 11) is 0. The highest BCUT2D eigenvalue weighted by Crippen LogP contribution is 2.35. The van der Waals surface area contributed by atoms with Crippen molar-refractivity contribution in [2.75, 3.05) is 0 Å². The number of rotatable bonds is 6. The quantitative estimate of drug-likeness (QED) is 0.544. The van der Waals surface area contributed by atoms with Crippen LogP contribution in [0.2, 0.25) is 0 Å². The predicted molar refractivity (Wildman–Crippen MR) is 108 cm³/mol. The van der Waals surface area contributed by atoms with Gasteiger partial charge in [0.2, 0.25) is 0 Å². The minimum Gasteiger partial charge on any atom is -0.481 e. The molecular formula is C19H15NO6S2. The molecule has 3 rings (SSSR count). The first kappa shape index (κ1) is 19.8. The van der Waals surface area contributed by atoms with E-state index in [2.05, 4.69) is 0 Å². The standard InChI is InChI=1S/C19H15NO6S2/c1-10-2-4-11(5-3-10)14-7-6-12(26-14)8-15-17(23)20(19(27)28-15)13(18(24)25)9-16(21)22/h2-8,13H,9H2,1H3,(H,21,22)(H,24,25)/b15-8-. The molecule has 1 aliphatic heterocycles. The highest BCUT2D eigenvalue weighted by Gasteiger charge is 2.41. The van der Waals surface area contributed by atoms with Crippen molar-refractivity contribution in [1.29, 1.82) is 0 Å². The first-order valence-electron chi connectivity index (χ1n) is 8.15. The zero-order valence-electron chi connectivity index (χ0n) is 14.6. The second kappa shape index (κ2) is 7.99. The average Bonchev–Trinajstić information content (AvgIpc) is 3.19. The van der Waals surface area contributed by atoms with E-state index >= 15 is 0 Å². The number of aryl methyl sites for hydroxylation is 1. The zero-order chi connectivity index (χ0) is 20.4. The van der Waals surface area contributed by atoms with E-state index < -0.39 is 30.3 Å². The fourth-order valence-electron chi connectivity index (χ4n) is 2.64. The van der Waals surface area contributed by atoms with Crippen molar-refractivity contribution < 1.29 is 29.0 Å². The maximum Gasteiger partial charge on any atom is 0.327 e. The van der Waals surface area contributed by atoms with Crippen molar-refractivity contribution in [1.82, 2.24) is 4.90 Å². The largest absolute Gasteiger partial charge is 0.481 e. The molecule has 2 N–H and O–H groups in total. The fourth-order valence-corrected chi connectivity index (χ4v) is 3.97. The number of thioether (sulfide) groups is 1. The Bertz CT molecular complexity index is 992. The number of amides is 1. The number of furan rings is 1. The van der Waals surface area contributed by atoms with Gasteiger partial charge in [0.1, 0.15) is 21.9 Å². The van der Waals surface area contributed by atoms with Gasteiger partial charge >= 0.3 is 11.9 Å². The van der Waals surface area contributed by atoms with Crippen LogP contribution in [-0.2, 0) is 14.4 Å². The molecule has 28 heavy (non-hydrogen) atoms. The molecule has 0 aliphatic carbocycles. The molecule has 0 saturated carbocycles. The lowest BCUT2D eigenvalue weighted by atomic mass is 10.1. The molecule has 1 aliphatic rings. The monoisotopic (exact) mass is 417 g/mol. The molecule has 2 heterocycles. The number of carboxylic acid groups (broad SMARTS) is 2. The van der Waals surface area contributed by atoms with E-state index in [1.54, 1.807) is 12.1 Å². The highest BCUT2D eigenvalue weighted by atomic mass is 32.2. The first-order valence-corrected chi connectivity index (χ1v) is 9.37. The molecule has 1 aromatic heterocycles. The maximum atomic E-state index is 12.6. The Kier molecular flexibility index (Phi) is 5.66. The van der Waals surface area contributed by atoms with Gasteiger partial charge in [-0.05, 0) is 19.1 Å². The molecule has 1 atom stereocenters. The summed E-state index contributed by atoms with van der Waals surface area (Å²) < 4.78 is 5.74. The molecule has 0 radical (unpaired) electrons. The number of aliphatic carboxylic acids is 2. The van der Waals surface area contributed by atoms with E-state index in [1.807, 2.05) is 31.2 Å². The molecule has 1 aromatic carbocycles. The topological polar surface area (TPSA) is 108 Å². The number of hydrogen-bond acceptors (Lipinski definition) is 6. The SMILES string of the molecule is Cc1ccc(-c2ccc(/C=C3\SC(=S)N(C(CC(=O)O)C(=O)O)C3=O)o2)cc1. The molecule has 2 aromatic rings. The van der Waals surface area contributed by atoms with Crippen LogP contribution >= 0.6 is 24.0 Å². The second-order valence-corrected chi connectivity index (χ2v) is 7.75. The van der Waals surface area contributed by atoms with Crippen molar-refractivity contribution in [2.24, 2.45) is 0 Å². The van der Waals surface area contributed by atoms with Crippen LogP contribution in [0.5, 0.6) is 0 Å². The van der Waals surface area contributed by atoms with Gasteiger partial charge in [-0.15, -0.1) is 0 Å². The Morgan fingerprint density at radius 2 is 1.89 bits per heavy atom. The van der Waals surface area contributed by atoms with E-state index in [4.69, 9.17) is 21.7 Å². The lowest BCUT2D eigenvalue weighted by Crippen LogP contribution is -2.45. The van der Waals surface area contributed by atoms with Crippen molar-refractivity contribution >= 4 is 52.2 Å². The van der Waals surface area contributed by atoms with Gasteiger partial charge in [0.25, 0.3) is 5.91 Å². The van der Waals surface area contributed by atoms with Gasteiger partial charge in [-0.3, -0.25) is 14.5 Å². The van der Waals surface area contributed by atoms with Gasteiger partial charge in [-0.2, -0.15) is 0 Å². The third kappa shape index (κ3) is 4.15. The number of carboxylic acids is 2. The molecule has 1 fully saturated rings. The van der Waals surface area contributed by atoms with Crippen molar-refractivity contribution in [3.63, 3.8) is 0 Å². The summed E-state index contributed by atoms with van der Waals surface area (Å²) in [5, 5.41) is 18.2. The Morgan fingerprint density at radius 1 is 1.21 bits per heavy atom. The van der Waals surface area contributed by atoms with Crippen LogP contribution in [0.15, 0.2) is 45.7 Å². The summed E-state index contributed by atoms with van der Waals surface area (Å²) in [5.74, 6) is -2.40. The summed E-state index contributed by atoms with van der Waals surface area (Å²) in [6, 6.07) is 9.64. The van der Waals surface area contributed by atoms with Crippen molar-refractivity contribution in [3.8, 4) is 11.3 Å². The number of benzene rings is 1. The van der Waals surface area contributed by atoms with Gasteiger partial charge in [-0.1, -0.05) is 53.8 Å². The molecule has 0 bridgehead atoms. The maximum absolute atomic E-state index is 12.6. The smallest absolute Gasteiger partial charge is 0.327 e. The van der Waals surface area contributed by atoms with E-state index in [1.165, 1.54) is 6.08 Å². The van der Waals surface area contributed by atoms with Crippen LogP contribution in [0.4, 0.5) is 0 Å². The van der Waals surface area contributed by atoms with Crippen LogP contribution in [-0.4, -0.2) is 43.3 Å². The number of nitrogens with zero attached hydrogens (tertiary/aromatic N) is 1. The number of carbonyl (C=O) groups excluding carboxylic acids is 1. The number of hydrogen-bond donors (Lipinski definition) is 2. The third-order valence-electron chi connectivity index (χ3n) is 4.02. The summed E-state index contributed by atoms with van der Waals surface area (Å²) >= 11 is 6.00. The highest BCUT2D eigenvalue weighted by molar-refractivity contribution is 8.26. The summed E-state index contributed by atoms with van der Waals surface area (Å²) in [6.45, 7) is 1.98. The van der Waals surface area contributed by atoms with Gasteiger partial charge in [-0.25, -0.2) is 4.79 Å². The third-order valence-corrected chi connectivity index (χ3v) is 5.35.